The second-order valence-corrected chi connectivity index (χ2v) is 11.9. The van der Waals surface area contributed by atoms with Crippen LogP contribution < -0.4 is 20.5 Å². The van der Waals surface area contributed by atoms with Crippen LogP contribution in [0.15, 0.2) is 67.3 Å². The van der Waals surface area contributed by atoms with Gasteiger partial charge in [-0.2, -0.15) is 0 Å². The van der Waals surface area contributed by atoms with Crippen molar-refractivity contribution in [1.82, 2.24) is 54.9 Å². The van der Waals surface area contributed by atoms with Crippen LogP contribution in [0.25, 0.3) is 28.5 Å². The molecule has 1 amide bonds. The molecule has 0 unspecified atom stereocenters. The van der Waals surface area contributed by atoms with Gasteiger partial charge in [-0.15, -0.1) is 10.2 Å². The minimum Gasteiger partial charge on any atom is -0.488 e. The van der Waals surface area contributed by atoms with Crippen LogP contribution in [0.1, 0.15) is 47.0 Å². The number of fused-ring (bicyclic) bond motifs is 6. The maximum Gasteiger partial charge on any atom is 0.274 e. The van der Waals surface area contributed by atoms with E-state index < -0.39 is 31.3 Å². The Morgan fingerprint density at radius 3 is 2.22 bits per heavy atom. The topological polar surface area (TPSA) is 191 Å². The third kappa shape index (κ3) is 5.73. The molecule has 0 radical (unpaired) electrons. The van der Waals surface area contributed by atoms with Crippen LogP contribution in [0.4, 0.5) is 20.2 Å². The van der Waals surface area contributed by atoms with Crippen LogP contribution in [0.2, 0.25) is 0 Å². The molecule has 2 atom stereocenters. The number of nitrogens with two attached hydrogens (primary N) is 1. The number of carbonyl (C=O) groups excluding carboxylic acids is 1. The van der Waals surface area contributed by atoms with Crippen molar-refractivity contribution >= 4 is 17.3 Å². The van der Waals surface area contributed by atoms with Gasteiger partial charge in [0.15, 0.2) is 23.1 Å². The van der Waals surface area contributed by atoms with Gasteiger partial charge in [0.05, 0.1) is 40.2 Å². The van der Waals surface area contributed by atoms with Crippen molar-refractivity contribution in [3.63, 3.8) is 0 Å². The minimum atomic E-state index is -0.679. The lowest BCUT2D eigenvalue weighted by atomic mass is 10.1. The highest BCUT2D eigenvalue weighted by atomic mass is 19.1. The number of hydrogen-bond acceptors (Lipinski definition) is 12. The number of hydrogen-bond donors (Lipinski definition) is 2. The van der Waals surface area contributed by atoms with Gasteiger partial charge in [-0.1, -0.05) is 12.1 Å². The molecule has 1 fully saturated rings. The standard InChI is InChI=1S/C22H19FN8O2.C10H10FN5O/c23-9-15-11-33-20-16(21-27-28-29-31(15)21)2-1-3-17(20)26-22(32)18-8-14(6-7-24-18)30-10-19(25-12-30)13-4-5-13;11-4-6-5-17-9-7(2-1-3-8(9)12)10-13-14-15-16(6)10/h1-3,6-8,10,12-13,15H,4-5,9,11H2,(H,26,32);1-3,6H,4-5,12H2/t15-;6-/m00/s1. The Labute approximate surface area is 282 Å². The number of halogens is 2. The smallest absolute Gasteiger partial charge is 0.274 e. The number of ether oxygens (including phenoxy) is 2. The molecular weight excluding hydrogens is 652 g/mol. The number of amides is 1. The summed E-state index contributed by atoms with van der Waals surface area (Å²) in [6.07, 6.45) is 7.67. The highest BCUT2D eigenvalue weighted by molar-refractivity contribution is 6.04. The Morgan fingerprint density at radius 2 is 1.54 bits per heavy atom. The first-order chi connectivity index (χ1) is 24.5. The predicted octanol–water partition coefficient (Wildman–Crippen LogP) is 3.78. The van der Waals surface area contributed by atoms with Crippen molar-refractivity contribution in [2.45, 2.75) is 30.8 Å². The molecule has 1 saturated carbocycles. The highest BCUT2D eigenvalue weighted by Crippen LogP contribution is 2.40. The van der Waals surface area contributed by atoms with Gasteiger partial charge in [-0.25, -0.2) is 23.1 Å². The number of rotatable bonds is 6. The van der Waals surface area contributed by atoms with Gasteiger partial charge >= 0.3 is 0 Å². The first kappa shape index (κ1) is 31.0. The van der Waals surface area contributed by atoms with E-state index in [2.05, 4.69) is 46.3 Å². The minimum absolute atomic E-state index is 0.0338. The SMILES string of the molecule is Nc1cccc2c1OC[C@H](CF)n1nnnc1-2.O=C(Nc1cccc2c1OC[C@H](CF)n1nnnc1-2)c1cc(-n2cnc(C3CC3)c2)ccn1. The molecule has 254 valence electrons. The monoisotopic (exact) mass is 681 g/mol. The fourth-order valence-corrected chi connectivity index (χ4v) is 5.77. The van der Waals surface area contributed by atoms with Gasteiger partial charge in [0, 0.05) is 18.3 Å². The summed E-state index contributed by atoms with van der Waals surface area (Å²) >= 11 is 0. The Morgan fingerprint density at radius 1 is 0.880 bits per heavy atom. The Kier molecular flexibility index (Phi) is 8.01. The summed E-state index contributed by atoms with van der Waals surface area (Å²) in [5.74, 6) is 1.90. The van der Waals surface area contributed by atoms with Crippen molar-refractivity contribution in [3.8, 4) is 40.0 Å². The summed E-state index contributed by atoms with van der Waals surface area (Å²) in [7, 11) is 0. The van der Waals surface area contributed by atoms with E-state index in [1.54, 1.807) is 55.0 Å². The van der Waals surface area contributed by atoms with E-state index in [1.807, 2.05) is 16.8 Å². The molecule has 0 spiro atoms. The van der Waals surface area contributed by atoms with E-state index in [4.69, 9.17) is 15.2 Å². The van der Waals surface area contributed by atoms with Crippen LogP contribution in [0.3, 0.4) is 0 Å². The number of imidazole rings is 1. The molecule has 18 heteroatoms. The number of benzene rings is 2. The second-order valence-electron chi connectivity index (χ2n) is 11.9. The quantitative estimate of drug-likeness (QED) is 0.242. The largest absolute Gasteiger partial charge is 0.488 e. The van der Waals surface area contributed by atoms with Crippen LogP contribution in [-0.4, -0.2) is 87.4 Å². The first-order valence-electron chi connectivity index (χ1n) is 15.8. The molecule has 6 heterocycles. The number of tetrazole rings is 2. The van der Waals surface area contributed by atoms with Crippen LogP contribution in [0.5, 0.6) is 11.5 Å². The fourth-order valence-electron chi connectivity index (χ4n) is 5.77. The average Bonchev–Trinajstić information content (AvgIpc) is 3.50. The van der Waals surface area contributed by atoms with Crippen LogP contribution in [-0.2, 0) is 0 Å². The van der Waals surface area contributed by atoms with Gasteiger partial charge in [0.1, 0.15) is 44.3 Å². The van der Waals surface area contributed by atoms with E-state index in [-0.39, 0.29) is 18.9 Å². The van der Waals surface area contributed by atoms with E-state index in [1.165, 1.54) is 22.2 Å². The summed E-state index contributed by atoms with van der Waals surface area (Å²) in [5, 5.41) is 25.7. The molecule has 6 aromatic rings. The van der Waals surface area contributed by atoms with E-state index in [9.17, 15) is 13.6 Å². The number of carbonyl (C=O) groups is 1. The molecular formula is C32H29F2N13O3. The Hall–Kier alpha value is -6.33. The zero-order chi connectivity index (χ0) is 34.2. The van der Waals surface area contributed by atoms with Crippen LogP contribution >= 0.6 is 0 Å². The van der Waals surface area contributed by atoms with E-state index in [0.29, 0.717) is 51.6 Å². The summed E-state index contributed by atoms with van der Waals surface area (Å²) in [4.78, 5) is 21.7. The number of para-hydroxylation sites is 2. The molecule has 1 aliphatic carbocycles. The second kappa shape index (κ2) is 12.9. The number of nitrogens with zero attached hydrogens (tertiary/aromatic N) is 11. The third-order valence-electron chi connectivity index (χ3n) is 8.54. The fraction of sp³-hybridized carbons (Fsp3) is 0.281. The van der Waals surface area contributed by atoms with Crippen molar-refractivity contribution in [2.75, 3.05) is 37.6 Å². The molecule has 3 aliphatic rings. The average molecular weight is 682 g/mol. The zero-order valence-electron chi connectivity index (χ0n) is 26.3. The summed E-state index contributed by atoms with van der Waals surface area (Å²) in [6.45, 7) is -1.07. The van der Waals surface area contributed by atoms with Crippen LogP contribution in [0, 0.1) is 0 Å². The number of aromatic nitrogens is 11. The van der Waals surface area contributed by atoms with Gasteiger partial charge in [0.25, 0.3) is 5.91 Å². The Bertz CT molecular complexity index is 2180. The number of nitrogen functional groups attached to an aromatic ring is 1. The molecule has 0 bridgehead atoms. The van der Waals surface area contributed by atoms with Crippen molar-refractivity contribution in [3.05, 3.63) is 78.6 Å². The summed E-state index contributed by atoms with van der Waals surface area (Å²) in [5.41, 5.74) is 10.1. The lowest BCUT2D eigenvalue weighted by molar-refractivity contribution is 0.102. The van der Waals surface area contributed by atoms with E-state index >= 15 is 0 Å². The molecule has 16 nitrogen and oxygen atoms in total. The normalized spacial score (nSPS) is 17.2. The zero-order valence-corrected chi connectivity index (χ0v) is 26.3. The number of nitrogens with one attached hydrogen (secondary N) is 1. The van der Waals surface area contributed by atoms with Gasteiger partial charge < -0.3 is 25.1 Å². The van der Waals surface area contributed by atoms with Gasteiger partial charge in [-0.3, -0.25) is 9.78 Å². The molecule has 9 rings (SSSR count). The first-order valence-corrected chi connectivity index (χ1v) is 15.8. The molecule has 4 aromatic heterocycles. The number of pyridine rings is 1. The predicted molar refractivity (Wildman–Crippen MR) is 173 cm³/mol. The number of anilines is 2. The maximum absolute atomic E-state index is 13.5. The summed E-state index contributed by atoms with van der Waals surface area (Å²) < 4.78 is 42.6. The lowest BCUT2D eigenvalue weighted by Gasteiger charge is -2.14. The van der Waals surface area contributed by atoms with E-state index in [0.717, 1.165) is 11.4 Å². The molecule has 3 N–H and O–H groups in total. The molecule has 2 aliphatic heterocycles. The van der Waals surface area contributed by atoms with Crippen molar-refractivity contribution < 1.29 is 23.0 Å². The van der Waals surface area contributed by atoms with Crippen molar-refractivity contribution in [1.29, 1.82) is 0 Å². The molecule has 0 saturated heterocycles. The Balaban J connectivity index is 0.000000178. The maximum atomic E-state index is 13.5. The van der Waals surface area contributed by atoms with Gasteiger partial charge in [0.2, 0.25) is 0 Å². The molecule has 2 aromatic carbocycles. The highest BCUT2D eigenvalue weighted by Gasteiger charge is 2.29. The lowest BCUT2D eigenvalue weighted by Crippen LogP contribution is -2.19. The third-order valence-corrected chi connectivity index (χ3v) is 8.54. The van der Waals surface area contributed by atoms with Crippen molar-refractivity contribution in [2.24, 2.45) is 0 Å². The summed E-state index contributed by atoms with van der Waals surface area (Å²) in [6, 6.07) is 12.9. The number of alkyl halides is 2. The van der Waals surface area contributed by atoms with Gasteiger partial charge in [-0.05, 0) is 70.1 Å². The molecule has 50 heavy (non-hydrogen) atoms.